The number of hydrogen-bond acceptors (Lipinski definition) is 1. The number of nitrogens with one attached hydrogen (secondary N) is 1. The van der Waals surface area contributed by atoms with Crippen molar-refractivity contribution in [2.45, 2.75) is 25.8 Å². The number of halogens is 1. The SMILES string of the molecule is CN(C(=O)/C=C/c1cccc(Br)c1)c1cccc(C[NH+]2CCCCC2)c1. The number of piperidine rings is 1. The van der Waals surface area contributed by atoms with E-state index in [1.54, 1.807) is 15.9 Å². The van der Waals surface area contributed by atoms with Crippen LogP contribution in [-0.4, -0.2) is 26.0 Å². The van der Waals surface area contributed by atoms with Crippen LogP contribution in [0.2, 0.25) is 0 Å². The monoisotopic (exact) mass is 413 g/mol. The molecule has 0 atom stereocenters. The van der Waals surface area contributed by atoms with Gasteiger partial charge in [-0.25, -0.2) is 0 Å². The number of likely N-dealkylation sites (N-methyl/N-ethyl adjacent to an activating group) is 1. The highest BCUT2D eigenvalue weighted by atomic mass is 79.9. The molecule has 1 aliphatic rings. The minimum atomic E-state index is -0.0209. The molecule has 26 heavy (non-hydrogen) atoms. The van der Waals surface area contributed by atoms with Gasteiger partial charge in [-0.2, -0.15) is 0 Å². The van der Waals surface area contributed by atoms with Crippen molar-refractivity contribution in [2.75, 3.05) is 25.0 Å². The van der Waals surface area contributed by atoms with Gasteiger partial charge in [-0.3, -0.25) is 4.79 Å². The summed E-state index contributed by atoms with van der Waals surface area (Å²) in [4.78, 5) is 15.9. The van der Waals surface area contributed by atoms with E-state index in [1.807, 2.05) is 43.5 Å². The van der Waals surface area contributed by atoms with Crippen LogP contribution in [0, 0.1) is 0 Å². The van der Waals surface area contributed by atoms with Gasteiger partial charge in [0.1, 0.15) is 6.54 Å². The van der Waals surface area contributed by atoms with E-state index in [-0.39, 0.29) is 5.91 Å². The van der Waals surface area contributed by atoms with Crippen molar-refractivity contribution < 1.29 is 9.69 Å². The van der Waals surface area contributed by atoms with Crippen molar-refractivity contribution in [3.05, 3.63) is 70.2 Å². The number of carbonyl (C=O) groups excluding carboxylic acids is 1. The van der Waals surface area contributed by atoms with Gasteiger partial charge in [0.2, 0.25) is 0 Å². The first-order valence-electron chi connectivity index (χ1n) is 9.26. The normalized spacial score (nSPS) is 15.3. The number of rotatable bonds is 5. The maximum Gasteiger partial charge on any atom is 0.250 e. The summed E-state index contributed by atoms with van der Waals surface area (Å²) in [5, 5.41) is 0. The van der Waals surface area contributed by atoms with Crippen LogP contribution < -0.4 is 9.80 Å². The molecule has 0 unspecified atom stereocenters. The molecule has 4 heteroatoms. The van der Waals surface area contributed by atoms with Gasteiger partial charge in [-0.05, 0) is 55.2 Å². The van der Waals surface area contributed by atoms with Crippen LogP contribution in [0.15, 0.2) is 59.1 Å². The molecule has 2 aromatic carbocycles. The molecule has 136 valence electrons. The van der Waals surface area contributed by atoms with E-state index in [4.69, 9.17) is 0 Å². The standard InChI is InChI=1S/C22H25BrN2O/c1-24(22(26)12-11-18-7-5-9-20(23)15-18)21-10-6-8-19(16-21)17-25-13-3-2-4-14-25/h5-12,15-16H,2-4,13-14,17H2,1H3/p+1/b12-11+. The van der Waals surface area contributed by atoms with Gasteiger partial charge in [0.05, 0.1) is 13.1 Å². The summed E-state index contributed by atoms with van der Waals surface area (Å²) in [7, 11) is 1.83. The lowest BCUT2D eigenvalue weighted by Crippen LogP contribution is -3.11. The summed E-state index contributed by atoms with van der Waals surface area (Å²) in [6, 6.07) is 16.3. The Balaban J connectivity index is 1.65. The Morgan fingerprint density at radius 1 is 1.12 bits per heavy atom. The number of nitrogens with zero attached hydrogens (tertiary/aromatic N) is 1. The second-order valence-corrected chi connectivity index (χ2v) is 7.86. The molecular weight excluding hydrogens is 388 g/mol. The summed E-state index contributed by atoms with van der Waals surface area (Å²) in [5.74, 6) is -0.0209. The van der Waals surface area contributed by atoms with Crippen LogP contribution >= 0.6 is 15.9 Å². The highest BCUT2D eigenvalue weighted by Gasteiger charge is 2.15. The number of benzene rings is 2. The van der Waals surface area contributed by atoms with E-state index in [0.29, 0.717) is 0 Å². The zero-order valence-electron chi connectivity index (χ0n) is 15.2. The molecule has 0 spiro atoms. The van der Waals surface area contributed by atoms with E-state index in [9.17, 15) is 4.79 Å². The van der Waals surface area contributed by atoms with Crippen LogP contribution in [0.1, 0.15) is 30.4 Å². The molecule has 3 rings (SSSR count). The third-order valence-electron chi connectivity index (χ3n) is 4.91. The molecule has 0 bridgehead atoms. The first kappa shape index (κ1) is 18.9. The van der Waals surface area contributed by atoms with E-state index < -0.39 is 0 Å². The Bertz CT molecular complexity index is 781. The van der Waals surface area contributed by atoms with Crippen LogP contribution in [0.3, 0.4) is 0 Å². The maximum absolute atomic E-state index is 12.5. The molecule has 1 aliphatic heterocycles. The van der Waals surface area contributed by atoms with Crippen LogP contribution in [0.25, 0.3) is 6.08 Å². The highest BCUT2D eigenvalue weighted by Crippen LogP contribution is 2.16. The summed E-state index contributed by atoms with van der Waals surface area (Å²) >= 11 is 3.45. The molecule has 0 saturated carbocycles. The van der Waals surface area contributed by atoms with Crippen molar-refractivity contribution in [1.82, 2.24) is 0 Å². The topological polar surface area (TPSA) is 24.8 Å². The lowest BCUT2D eigenvalue weighted by molar-refractivity contribution is -0.918. The average Bonchev–Trinajstić information content (AvgIpc) is 2.66. The van der Waals surface area contributed by atoms with E-state index in [2.05, 4.69) is 34.1 Å². The largest absolute Gasteiger partial charge is 0.331 e. The molecular formula is C22H26BrN2O+. The molecule has 0 radical (unpaired) electrons. The van der Waals surface area contributed by atoms with E-state index >= 15 is 0 Å². The Morgan fingerprint density at radius 2 is 1.88 bits per heavy atom. The summed E-state index contributed by atoms with van der Waals surface area (Å²) in [5.41, 5.74) is 3.25. The summed E-state index contributed by atoms with van der Waals surface area (Å²) < 4.78 is 1.01. The van der Waals surface area contributed by atoms with Gasteiger partial charge >= 0.3 is 0 Å². The number of anilines is 1. The van der Waals surface area contributed by atoms with Crippen LogP contribution in [0.4, 0.5) is 5.69 Å². The molecule has 1 fully saturated rings. The Kier molecular flexibility index (Phi) is 6.64. The zero-order valence-corrected chi connectivity index (χ0v) is 16.8. The number of quaternary nitrogens is 1. The van der Waals surface area contributed by atoms with Gasteiger partial charge in [-0.1, -0.05) is 40.2 Å². The van der Waals surface area contributed by atoms with Crippen molar-refractivity contribution >= 4 is 33.6 Å². The van der Waals surface area contributed by atoms with Gasteiger partial charge < -0.3 is 9.80 Å². The van der Waals surface area contributed by atoms with Gasteiger partial charge in [-0.15, -0.1) is 0 Å². The van der Waals surface area contributed by atoms with Crippen molar-refractivity contribution in [3.63, 3.8) is 0 Å². The molecule has 1 saturated heterocycles. The summed E-state index contributed by atoms with van der Waals surface area (Å²) in [6.45, 7) is 3.56. The van der Waals surface area contributed by atoms with E-state index in [0.717, 1.165) is 22.3 Å². The lowest BCUT2D eigenvalue weighted by atomic mass is 10.1. The molecule has 3 nitrogen and oxygen atoms in total. The second kappa shape index (κ2) is 9.15. The number of likely N-dealkylation sites (tertiary alicyclic amines) is 1. The fraction of sp³-hybridized carbons (Fsp3) is 0.318. The molecule has 1 heterocycles. The quantitative estimate of drug-likeness (QED) is 0.742. The third kappa shape index (κ3) is 5.29. The van der Waals surface area contributed by atoms with Crippen LogP contribution in [-0.2, 0) is 11.3 Å². The number of hydrogen-bond donors (Lipinski definition) is 1. The first-order valence-corrected chi connectivity index (χ1v) is 10.0. The third-order valence-corrected chi connectivity index (χ3v) is 5.40. The smallest absolute Gasteiger partial charge is 0.250 e. The highest BCUT2D eigenvalue weighted by molar-refractivity contribution is 9.10. The van der Waals surface area contributed by atoms with Gasteiger partial charge in [0.25, 0.3) is 5.91 Å². The van der Waals surface area contributed by atoms with Gasteiger partial charge in [0.15, 0.2) is 0 Å². The molecule has 2 aromatic rings. The van der Waals surface area contributed by atoms with Crippen molar-refractivity contribution in [3.8, 4) is 0 Å². The lowest BCUT2D eigenvalue weighted by Gasteiger charge is -2.24. The van der Waals surface area contributed by atoms with Crippen molar-refractivity contribution in [1.29, 1.82) is 0 Å². The predicted octanol–water partition coefficient (Wildman–Crippen LogP) is 3.69. The zero-order chi connectivity index (χ0) is 18.4. The maximum atomic E-state index is 12.5. The number of carbonyl (C=O) groups is 1. The minimum Gasteiger partial charge on any atom is -0.331 e. The molecule has 0 aliphatic carbocycles. The minimum absolute atomic E-state index is 0.0209. The fourth-order valence-electron chi connectivity index (χ4n) is 3.41. The van der Waals surface area contributed by atoms with Crippen molar-refractivity contribution in [2.24, 2.45) is 0 Å². The Morgan fingerprint density at radius 3 is 2.65 bits per heavy atom. The molecule has 0 aromatic heterocycles. The number of amides is 1. The Labute approximate surface area is 164 Å². The van der Waals surface area contributed by atoms with Gasteiger partial charge in [0, 0.05) is 28.8 Å². The predicted molar refractivity (Wildman–Crippen MR) is 111 cm³/mol. The second-order valence-electron chi connectivity index (χ2n) is 6.94. The molecule has 1 N–H and O–H groups in total. The summed E-state index contributed by atoms with van der Waals surface area (Å²) in [6.07, 6.45) is 7.50. The Hall–Kier alpha value is -1.91. The fourth-order valence-corrected chi connectivity index (χ4v) is 3.83. The molecule has 1 amide bonds. The first-order chi connectivity index (χ1) is 12.6. The average molecular weight is 414 g/mol. The van der Waals surface area contributed by atoms with Crippen LogP contribution in [0.5, 0.6) is 0 Å². The van der Waals surface area contributed by atoms with E-state index in [1.165, 1.54) is 37.9 Å².